The molecule has 4 nitrogen and oxygen atoms in total. The lowest BCUT2D eigenvalue weighted by molar-refractivity contribution is -0.138. The Balaban J connectivity index is 1.64. The predicted molar refractivity (Wildman–Crippen MR) is 57.4 cm³/mol. The molecular weight excluding hydrogens is 192 g/mol. The summed E-state index contributed by atoms with van der Waals surface area (Å²) in [7, 11) is 0. The van der Waals surface area contributed by atoms with Crippen molar-refractivity contribution in [2.45, 2.75) is 31.7 Å². The molecule has 0 aliphatic heterocycles. The third-order valence-corrected chi connectivity index (χ3v) is 3.97. The summed E-state index contributed by atoms with van der Waals surface area (Å²) < 4.78 is 0. The molecule has 2 saturated carbocycles. The number of hydrogen-bond acceptors (Lipinski definition) is 3. The molecule has 0 aromatic rings. The zero-order chi connectivity index (χ0) is 10.8. The Kier molecular flexibility index (Phi) is 3.26. The molecule has 0 aromatic heterocycles. The fraction of sp³-hybridized carbons (Fsp3) is 0.909. The summed E-state index contributed by atoms with van der Waals surface area (Å²) in [6.45, 7) is 1.34. The first-order chi connectivity index (χ1) is 7.16. The zero-order valence-corrected chi connectivity index (χ0v) is 8.98. The first kappa shape index (κ1) is 10.9. The van der Waals surface area contributed by atoms with E-state index in [1.54, 1.807) is 0 Å². The third kappa shape index (κ3) is 2.49. The number of fused-ring (bicyclic) bond motifs is 2. The average molecular weight is 212 g/mol. The van der Waals surface area contributed by atoms with Gasteiger partial charge in [0, 0.05) is 6.54 Å². The van der Waals surface area contributed by atoms with Crippen molar-refractivity contribution < 1.29 is 9.90 Å². The van der Waals surface area contributed by atoms with E-state index in [4.69, 9.17) is 10.8 Å². The number of nitrogens with two attached hydrogens (primary N) is 1. The maximum atomic E-state index is 10.5. The quantitative estimate of drug-likeness (QED) is 0.617. The Morgan fingerprint density at radius 1 is 1.47 bits per heavy atom. The molecule has 86 valence electrons. The molecule has 4 unspecified atom stereocenters. The van der Waals surface area contributed by atoms with Crippen molar-refractivity contribution in [3.05, 3.63) is 0 Å². The zero-order valence-electron chi connectivity index (χ0n) is 8.98. The summed E-state index contributed by atoms with van der Waals surface area (Å²) in [5, 5.41) is 11.8. The van der Waals surface area contributed by atoms with E-state index in [0.29, 0.717) is 6.54 Å². The molecule has 2 fully saturated rings. The van der Waals surface area contributed by atoms with Gasteiger partial charge >= 0.3 is 5.97 Å². The predicted octanol–water partition coefficient (Wildman–Crippen LogP) is 0.424. The topological polar surface area (TPSA) is 75.3 Å². The molecule has 0 saturated heterocycles. The van der Waals surface area contributed by atoms with Crippen LogP contribution in [-0.2, 0) is 4.79 Å². The second-order valence-electron chi connectivity index (χ2n) is 5.04. The lowest BCUT2D eigenvalue weighted by Crippen LogP contribution is -2.42. The molecule has 0 radical (unpaired) electrons. The van der Waals surface area contributed by atoms with Crippen LogP contribution >= 0.6 is 0 Å². The molecule has 0 heterocycles. The van der Waals surface area contributed by atoms with Gasteiger partial charge in [-0.15, -0.1) is 0 Å². The van der Waals surface area contributed by atoms with E-state index in [-0.39, 0.29) is 0 Å². The monoisotopic (exact) mass is 212 g/mol. The number of aliphatic carboxylic acids is 1. The van der Waals surface area contributed by atoms with Crippen molar-refractivity contribution in [3.63, 3.8) is 0 Å². The second kappa shape index (κ2) is 4.49. The lowest BCUT2D eigenvalue weighted by Gasteiger charge is -2.22. The minimum atomic E-state index is -0.921. The van der Waals surface area contributed by atoms with Gasteiger partial charge in [0.2, 0.25) is 0 Å². The molecule has 0 aromatic carbocycles. The number of hydrogen-bond donors (Lipinski definition) is 3. The van der Waals surface area contributed by atoms with E-state index in [1.807, 2.05) is 0 Å². The summed E-state index contributed by atoms with van der Waals surface area (Å²) in [5.74, 6) is 1.69. The third-order valence-electron chi connectivity index (χ3n) is 3.97. The van der Waals surface area contributed by atoms with E-state index >= 15 is 0 Å². The van der Waals surface area contributed by atoms with Crippen molar-refractivity contribution in [2.75, 3.05) is 13.1 Å². The largest absolute Gasteiger partial charge is 0.480 e. The summed E-state index contributed by atoms with van der Waals surface area (Å²) >= 11 is 0. The van der Waals surface area contributed by atoms with Crippen molar-refractivity contribution in [1.29, 1.82) is 0 Å². The number of carboxylic acids is 1. The molecule has 2 bridgehead atoms. The van der Waals surface area contributed by atoms with E-state index < -0.39 is 12.0 Å². The SMILES string of the molecule is NC(CNCC1CC2CCC1C2)C(=O)O. The second-order valence-corrected chi connectivity index (χ2v) is 5.04. The van der Waals surface area contributed by atoms with Gasteiger partial charge in [-0.2, -0.15) is 0 Å². The Labute approximate surface area is 90.2 Å². The maximum Gasteiger partial charge on any atom is 0.321 e. The molecule has 0 spiro atoms. The van der Waals surface area contributed by atoms with Gasteiger partial charge in [-0.05, 0) is 43.6 Å². The highest BCUT2D eigenvalue weighted by atomic mass is 16.4. The first-order valence-corrected chi connectivity index (χ1v) is 5.86. The van der Waals surface area contributed by atoms with Crippen LogP contribution < -0.4 is 11.1 Å². The number of nitrogens with one attached hydrogen (secondary N) is 1. The molecule has 4 heteroatoms. The Morgan fingerprint density at radius 3 is 2.80 bits per heavy atom. The van der Waals surface area contributed by atoms with Gasteiger partial charge in [-0.1, -0.05) is 6.42 Å². The van der Waals surface area contributed by atoms with Crippen molar-refractivity contribution in [2.24, 2.45) is 23.5 Å². The average Bonchev–Trinajstić information content (AvgIpc) is 2.78. The van der Waals surface area contributed by atoms with Crippen LogP contribution in [0.25, 0.3) is 0 Å². The molecule has 4 atom stereocenters. The van der Waals surface area contributed by atoms with Gasteiger partial charge in [0.1, 0.15) is 6.04 Å². The Hall–Kier alpha value is -0.610. The van der Waals surface area contributed by atoms with Crippen molar-refractivity contribution in [3.8, 4) is 0 Å². The summed E-state index contributed by atoms with van der Waals surface area (Å²) in [4.78, 5) is 10.5. The summed E-state index contributed by atoms with van der Waals surface area (Å²) in [6.07, 6.45) is 5.52. The molecule has 2 aliphatic carbocycles. The number of carboxylic acid groups (broad SMARTS) is 1. The number of rotatable bonds is 5. The molecule has 0 amide bonds. The van der Waals surface area contributed by atoms with Crippen LogP contribution in [0.4, 0.5) is 0 Å². The van der Waals surface area contributed by atoms with Crippen LogP contribution in [0.1, 0.15) is 25.7 Å². The highest BCUT2D eigenvalue weighted by Crippen LogP contribution is 2.47. The van der Waals surface area contributed by atoms with Gasteiger partial charge in [-0.25, -0.2) is 0 Å². The van der Waals surface area contributed by atoms with Gasteiger partial charge in [0.15, 0.2) is 0 Å². The van der Waals surface area contributed by atoms with E-state index in [1.165, 1.54) is 25.7 Å². The van der Waals surface area contributed by atoms with Crippen LogP contribution in [0.15, 0.2) is 0 Å². The number of carbonyl (C=O) groups is 1. The minimum absolute atomic E-state index is 0.392. The van der Waals surface area contributed by atoms with Crippen LogP contribution in [0.5, 0.6) is 0 Å². The fourth-order valence-electron chi connectivity index (χ4n) is 3.14. The van der Waals surface area contributed by atoms with Crippen LogP contribution in [0.2, 0.25) is 0 Å². The lowest BCUT2D eigenvalue weighted by atomic mass is 9.89. The van der Waals surface area contributed by atoms with Crippen LogP contribution in [0.3, 0.4) is 0 Å². The van der Waals surface area contributed by atoms with Crippen molar-refractivity contribution in [1.82, 2.24) is 5.32 Å². The van der Waals surface area contributed by atoms with Gasteiger partial charge in [-0.3, -0.25) is 4.79 Å². The van der Waals surface area contributed by atoms with E-state index in [2.05, 4.69) is 5.32 Å². The molecule has 4 N–H and O–H groups in total. The van der Waals surface area contributed by atoms with E-state index in [9.17, 15) is 4.79 Å². The smallest absolute Gasteiger partial charge is 0.321 e. The molecule has 15 heavy (non-hydrogen) atoms. The van der Waals surface area contributed by atoms with Gasteiger partial charge < -0.3 is 16.2 Å². The Bertz CT molecular complexity index is 245. The van der Waals surface area contributed by atoms with Crippen LogP contribution in [-0.4, -0.2) is 30.2 Å². The maximum absolute atomic E-state index is 10.5. The first-order valence-electron chi connectivity index (χ1n) is 5.86. The fourth-order valence-corrected chi connectivity index (χ4v) is 3.14. The molecule has 2 rings (SSSR count). The van der Waals surface area contributed by atoms with E-state index in [0.717, 1.165) is 24.3 Å². The summed E-state index contributed by atoms with van der Waals surface area (Å²) in [5.41, 5.74) is 5.42. The molecular formula is C11H20N2O2. The highest BCUT2D eigenvalue weighted by molar-refractivity contribution is 5.73. The highest BCUT2D eigenvalue weighted by Gasteiger charge is 2.38. The van der Waals surface area contributed by atoms with Crippen molar-refractivity contribution >= 4 is 5.97 Å². The normalized spacial score (nSPS) is 35.7. The molecule has 2 aliphatic rings. The van der Waals surface area contributed by atoms with Crippen LogP contribution in [0, 0.1) is 17.8 Å². The minimum Gasteiger partial charge on any atom is -0.480 e. The van der Waals surface area contributed by atoms with Gasteiger partial charge in [0.05, 0.1) is 0 Å². The Morgan fingerprint density at radius 2 is 2.27 bits per heavy atom. The summed E-state index contributed by atoms with van der Waals surface area (Å²) in [6, 6.07) is -0.761. The standard InChI is InChI=1S/C11H20N2O2/c12-10(11(14)15)6-13-5-9-4-7-1-2-8(9)3-7/h7-10,13H,1-6,12H2,(H,14,15). The van der Waals surface area contributed by atoms with Gasteiger partial charge in [0.25, 0.3) is 0 Å².